The van der Waals surface area contributed by atoms with Gasteiger partial charge in [0.2, 0.25) is 11.7 Å². The van der Waals surface area contributed by atoms with Crippen LogP contribution in [0.4, 0.5) is 13.2 Å². The van der Waals surface area contributed by atoms with E-state index in [4.69, 9.17) is 8.94 Å². The Bertz CT molecular complexity index is 950. The topological polar surface area (TPSA) is 72.4 Å². The van der Waals surface area contributed by atoms with Crippen LogP contribution < -0.4 is 0 Å². The van der Waals surface area contributed by atoms with E-state index in [1.165, 1.54) is 24.7 Å². The molecule has 1 aliphatic rings. The van der Waals surface area contributed by atoms with E-state index >= 15 is 0 Å². The lowest BCUT2D eigenvalue weighted by Crippen LogP contribution is -2.30. The van der Waals surface area contributed by atoms with Gasteiger partial charge >= 0.3 is 6.18 Å². The predicted octanol–water partition coefficient (Wildman–Crippen LogP) is 4.33. The van der Waals surface area contributed by atoms with Gasteiger partial charge in [0.15, 0.2) is 0 Å². The first-order valence-corrected chi connectivity index (χ1v) is 8.28. The second kappa shape index (κ2) is 6.57. The number of carbonyl (C=O) groups is 1. The van der Waals surface area contributed by atoms with E-state index in [2.05, 4.69) is 10.1 Å². The minimum Gasteiger partial charge on any atom is -0.472 e. The number of hydrogen-bond donors (Lipinski definition) is 0. The molecular formula is C18H14F3N3O3. The van der Waals surface area contributed by atoms with Crippen LogP contribution in [0.15, 0.2) is 51.8 Å². The first kappa shape index (κ1) is 17.3. The van der Waals surface area contributed by atoms with Gasteiger partial charge in [-0.3, -0.25) is 4.79 Å². The molecule has 27 heavy (non-hydrogen) atoms. The Balaban J connectivity index is 1.60. The summed E-state index contributed by atoms with van der Waals surface area (Å²) in [6.07, 6.45) is -0.290. The fourth-order valence-corrected chi connectivity index (χ4v) is 3.14. The fraction of sp³-hybridized carbons (Fsp3) is 0.278. The Morgan fingerprint density at radius 2 is 2.11 bits per heavy atom. The third-order valence-corrected chi connectivity index (χ3v) is 4.46. The van der Waals surface area contributed by atoms with Crippen LogP contribution in [-0.4, -0.2) is 27.5 Å². The minimum absolute atomic E-state index is 0.0544. The van der Waals surface area contributed by atoms with Crippen molar-refractivity contribution in [2.75, 3.05) is 6.54 Å². The van der Waals surface area contributed by atoms with Crippen LogP contribution in [0.2, 0.25) is 0 Å². The van der Waals surface area contributed by atoms with Gasteiger partial charge in [-0.05, 0) is 31.0 Å². The van der Waals surface area contributed by atoms with E-state index in [-0.39, 0.29) is 23.2 Å². The number of alkyl halides is 3. The molecule has 6 nitrogen and oxygen atoms in total. The van der Waals surface area contributed by atoms with Gasteiger partial charge in [-0.1, -0.05) is 17.3 Å². The first-order chi connectivity index (χ1) is 12.9. The number of nitrogens with zero attached hydrogens (tertiary/aromatic N) is 3. The molecule has 3 heterocycles. The summed E-state index contributed by atoms with van der Waals surface area (Å²) in [6.45, 7) is 0.524. The van der Waals surface area contributed by atoms with Crippen LogP contribution in [0.5, 0.6) is 0 Å². The van der Waals surface area contributed by atoms with Gasteiger partial charge < -0.3 is 13.8 Å². The normalized spacial score (nSPS) is 17.4. The third kappa shape index (κ3) is 3.32. The van der Waals surface area contributed by atoms with Crippen LogP contribution in [0.25, 0.3) is 11.4 Å². The molecule has 4 rings (SSSR count). The highest BCUT2D eigenvalue weighted by Gasteiger charge is 2.35. The fourth-order valence-electron chi connectivity index (χ4n) is 3.14. The molecule has 0 saturated carbocycles. The summed E-state index contributed by atoms with van der Waals surface area (Å²) in [5.74, 6) is 0.0422. The summed E-state index contributed by atoms with van der Waals surface area (Å²) in [7, 11) is 0. The van der Waals surface area contributed by atoms with Crippen molar-refractivity contribution in [1.82, 2.24) is 15.0 Å². The molecule has 1 atom stereocenters. The lowest BCUT2D eigenvalue weighted by atomic mass is 10.1. The molecule has 0 radical (unpaired) electrons. The van der Waals surface area contributed by atoms with Crippen molar-refractivity contribution in [2.24, 2.45) is 0 Å². The van der Waals surface area contributed by atoms with Gasteiger partial charge in [-0.25, -0.2) is 0 Å². The Morgan fingerprint density at radius 3 is 2.85 bits per heavy atom. The molecule has 9 heteroatoms. The molecule has 1 aliphatic heterocycles. The van der Waals surface area contributed by atoms with Crippen molar-refractivity contribution >= 4 is 5.91 Å². The van der Waals surface area contributed by atoms with E-state index < -0.39 is 17.8 Å². The van der Waals surface area contributed by atoms with Gasteiger partial charge in [-0.2, -0.15) is 18.2 Å². The van der Waals surface area contributed by atoms with Crippen LogP contribution >= 0.6 is 0 Å². The molecule has 0 aliphatic carbocycles. The molecule has 1 saturated heterocycles. The van der Waals surface area contributed by atoms with E-state index in [9.17, 15) is 18.0 Å². The summed E-state index contributed by atoms with van der Waals surface area (Å²) in [5, 5.41) is 3.80. The second-order valence-electron chi connectivity index (χ2n) is 6.20. The van der Waals surface area contributed by atoms with Gasteiger partial charge in [0.05, 0.1) is 17.4 Å². The maximum Gasteiger partial charge on any atom is 0.416 e. The standard InChI is InChI=1S/C18H14F3N3O3/c19-18(20,21)13-4-1-3-11(9-13)15-22-16(27-23-15)14-5-2-7-24(14)17(25)12-6-8-26-10-12/h1,3-4,6,8-10,14H,2,5,7H2/t14-/m0/s1. The third-order valence-electron chi connectivity index (χ3n) is 4.46. The monoisotopic (exact) mass is 377 g/mol. The maximum atomic E-state index is 12.9. The Hall–Kier alpha value is -3.10. The predicted molar refractivity (Wildman–Crippen MR) is 86.5 cm³/mol. The van der Waals surface area contributed by atoms with Gasteiger partial charge in [-0.15, -0.1) is 0 Å². The molecule has 3 aromatic rings. The zero-order valence-electron chi connectivity index (χ0n) is 13.9. The number of aromatic nitrogens is 2. The molecule has 0 spiro atoms. The molecule has 140 valence electrons. The number of benzene rings is 1. The van der Waals surface area contributed by atoms with E-state index in [1.54, 1.807) is 11.0 Å². The number of likely N-dealkylation sites (tertiary alicyclic amines) is 1. The SMILES string of the molecule is O=C(c1ccoc1)N1CCC[C@H]1c1nc(-c2cccc(C(F)(F)F)c2)no1. The Labute approximate surface area is 151 Å². The Kier molecular flexibility index (Phi) is 4.21. The summed E-state index contributed by atoms with van der Waals surface area (Å²) >= 11 is 0. The summed E-state index contributed by atoms with van der Waals surface area (Å²) in [6, 6.07) is 5.87. The molecule has 2 aromatic heterocycles. The van der Waals surface area contributed by atoms with Crippen LogP contribution in [0.1, 0.15) is 40.7 Å². The van der Waals surface area contributed by atoms with Gasteiger partial charge in [0, 0.05) is 12.1 Å². The molecule has 1 aromatic carbocycles. The van der Waals surface area contributed by atoms with Crippen LogP contribution in [0.3, 0.4) is 0 Å². The molecule has 0 unspecified atom stereocenters. The lowest BCUT2D eigenvalue weighted by molar-refractivity contribution is -0.137. The molecule has 0 bridgehead atoms. The maximum absolute atomic E-state index is 12.9. The lowest BCUT2D eigenvalue weighted by Gasteiger charge is -2.20. The van der Waals surface area contributed by atoms with Crippen LogP contribution in [-0.2, 0) is 6.18 Å². The van der Waals surface area contributed by atoms with Gasteiger partial charge in [0.1, 0.15) is 12.3 Å². The molecule has 1 amide bonds. The average Bonchev–Trinajstić information content (AvgIpc) is 3.41. The van der Waals surface area contributed by atoms with Crippen molar-refractivity contribution in [3.63, 3.8) is 0 Å². The number of amides is 1. The second-order valence-corrected chi connectivity index (χ2v) is 6.20. The van der Waals surface area contributed by atoms with E-state index in [0.29, 0.717) is 18.5 Å². The summed E-state index contributed by atoms with van der Waals surface area (Å²) in [5.41, 5.74) is -0.172. The number of rotatable bonds is 3. The number of halogens is 3. The highest BCUT2D eigenvalue weighted by Crippen LogP contribution is 2.35. The first-order valence-electron chi connectivity index (χ1n) is 8.28. The van der Waals surface area contributed by atoms with E-state index in [1.807, 2.05) is 0 Å². The number of hydrogen-bond acceptors (Lipinski definition) is 5. The number of furan rings is 1. The zero-order valence-corrected chi connectivity index (χ0v) is 13.9. The average molecular weight is 377 g/mol. The van der Waals surface area contributed by atoms with Crippen LogP contribution in [0, 0.1) is 0 Å². The smallest absolute Gasteiger partial charge is 0.416 e. The van der Waals surface area contributed by atoms with Gasteiger partial charge in [0.25, 0.3) is 5.91 Å². The zero-order chi connectivity index (χ0) is 19.0. The number of carbonyl (C=O) groups excluding carboxylic acids is 1. The largest absolute Gasteiger partial charge is 0.472 e. The minimum atomic E-state index is -4.46. The summed E-state index contributed by atoms with van der Waals surface area (Å²) in [4.78, 5) is 18.4. The van der Waals surface area contributed by atoms with Crippen molar-refractivity contribution in [3.05, 3.63) is 59.9 Å². The Morgan fingerprint density at radius 1 is 1.26 bits per heavy atom. The van der Waals surface area contributed by atoms with E-state index in [0.717, 1.165) is 18.6 Å². The molecule has 1 fully saturated rings. The highest BCUT2D eigenvalue weighted by atomic mass is 19.4. The van der Waals surface area contributed by atoms with Crippen molar-refractivity contribution in [3.8, 4) is 11.4 Å². The summed E-state index contributed by atoms with van der Waals surface area (Å²) < 4.78 is 48.9. The van der Waals surface area contributed by atoms with Crippen molar-refractivity contribution in [2.45, 2.75) is 25.1 Å². The highest BCUT2D eigenvalue weighted by molar-refractivity contribution is 5.94. The molecular weight excluding hydrogens is 363 g/mol. The van der Waals surface area contributed by atoms with Crippen molar-refractivity contribution < 1.29 is 26.9 Å². The molecule has 0 N–H and O–H groups in total. The quantitative estimate of drug-likeness (QED) is 0.680. The van der Waals surface area contributed by atoms with Crippen molar-refractivity contribution in [1.29, 1.82) is 0 Å².